The van der Waals surface area contributed by atoms with Gasteiger partial charge in [0, 0.05) is 19.4 Å². The highest BCUT2D eigenvalue weighted by Gasteiger charge is 2.52. The zero-order valence-electron chi connectivity index (χ0n) is 14.7. The van der Waals surface area contributed by atoms with Crippen molar-refractivity contribution in [3.63, 3.8) is 0 Å². The van der Waals surface area contributed by atoms with Crippen molar-refractivity contribution in [3.05, 3.63) is 12.7 Å². The maximum Gasteiger partial charge on any atom is 0.303 e. The van der Waals surface area contributed by atoms with E-state index in [0.717, 1.165) is 6.42 Å². The summed E-state index contributed by atoms with van der Waals surface area (Å²) in [5, 5.41) is 5.67. The van der Waals surface area contributed by atoms with Crippen LogP contribution in [0.2, 0.25) is 0 Å². The molecule has 1 saturated carbocycles. The Hall–Kier alpha value is -1.85. The summed E-state index contributed by atoms with van der Waals surface area (Å²) in [7, 11) is 0. The minimum absolute atomic E-state index is 0.0689. The maximum atomic E-state index is 13.0. The molecular formula is C17H28N2O4. The number of esters is 1. The average molecular weight is 324 g/mol. The van der Waals surface area contributed by atoms with E-state index >= 15 is 0 Å². The van der Waals surface area contributed by atoms with Gasteiger partial charge in [-0.25, -0.2) is 0 Å². The minimum atomic E-state index is -1.28. The van der Waals surface area contributed by atoms with Crippen molar-refractivity contribution in [3.8, 4) is 0 Å². The van der Waals surface area contributed by atoms with Crippen LogP contribution in [0.4, 0.5) is 0 Å². The summed E-state index contributed by atoms with van der Waals surface area (Å²) >= 11 is 0. The predicted molar refractivity (Wildman–Crippen MR) is 87.5 cm³/mol. The van der Waals surface area contributed by atoms with Crippen LogP contribution in [0.25, 0.3) is 0 Å². The Morgan fingerprint density at radius 3 is 2.26 bits per heavy atom. The fourth-order valence-corrected chi connectivity index (χ4v) is 3.01. The van der Waals surface area contributed by atoms with Crippen LogP contribution in [0.15, 0.2) is 12.7 Å². The van der Waals surface area contributed by atoms with E-state index in [4.69, 9.17) is 4.74 Å². The number of hydrogen-bond acceptors (Lipinski definition) is 4. The van der Waals surface area contributed by atoms with Crippen LogP contribution in [0.5, 0.6) is 0 Å². The quantitative estimate of drug-likeness (QED) is 0.609. The summed E-state index contributed by atoms with van der Waals surface area (Å²) in [5.74, 6) is -1.07. The van der Waals surface area contributed by atoms with Gasteiger partial charge in [-0.05, 0) is 46.0 Å². The molecule has 0 bridgehead atoms. The Kier molecular flexibility index (Phi) is 5.97. The molecule has 23 heavy (non-hydrogen) atoms. The van der Waals surface area contributed by atoms with Crippen LogP contribution >= 0.6 is 0 Å². The molecule has 2 amide bonds. The summed E-state index contributed by atoms with van der Waals surface area (Å²) in [5.41, 5.74) is -1.74. The minimum Gasteiger partial charge on any atom is -0.459 e. The number of carbonyl (C=O) groups excluding carboxylic acids is 3. The Morgan fingerprint density at radius 2 is 1.83 bits per heavy atom. The maximum absolute atomic E-state index is 13.0. The molecule has 6 nitrogen and oxygen atoms in total. The molecule has 3 atom stereocenters. The van der Waals surface area contributed by atoms with E-state index in [1.807, 2.05) is 20.8 Å². The second kappa shape index (κ2) is 7.15. The van der Waals surface area contributed by atoms with Gasteiger partial charge in [-0.1, -0.05) is 6.08 Å². The van der Waals surface area contributed by atoms with E-state index < -0.39 is 23.2 Å². The molecule has 0 unspecified atom stereocenters. The largest absolute Gasteiger partial charge is 0.459 e. The first kappa shape index (κ1) is 19.2. The SMILES string of the molecule is C=C[C@@H]1CC[C@@H](OC(C)=O)[C@@](NC(C)=O)(C(=O)NC(C)(C)C)C1. The molecule has 0 aliphatic heterocycles. The highest BCUT2D eigenvalue weighted by molar-refractivity contribution is 5.92. The van der Waals surface area contributed by atoms with Gasteiger partial charge >= 0.3 is 5.97 Å². The summed E-state index contributed by atoms with van der Waals surface area (Å²) < 4.78 is 5.39. The molecule has 0 aromatic carbocycles. The Balaban J connectivity index is 3.26. The average Bonchev–Trinajstić information content (AvgIpc) is 2.37. The molecule has 1 aliphatic rings. The Bertz CT molecular complexity index is 495. The van der Waals surface area contributed by atoms with Gasteiger partial charge in [0.1, 0.15) is 6.10 Å². The fourth-order valence-electron chi connectivity index (χ4n) is 3.01. The van der Waals surface area contributed by atoms with Gasteiger partial charge in [0.15, 0.2) is 5.54 Å². The van der Waals surface area contributed by atoms with Crippen molar-refractivity contribution in [1.82, 2.24) is 10.6 Å². The molecular weight excluding hydrogens is 296 g/mol. The molecule has 0 saturated heterocycles. The Morgan fingerprint density at radius 1 is 1.22 bits per heavy atom. The standard InChI is InChI=1S/C17H28N2O4/c1-7-13-8-9-14(23-12(3)21)17(10-13,18-11(2)20)15(22)19-16(4,5)6/h7,13-14H,1,8-10H2,2-6H3,(H,18,20)(H,19,22)/t13-,14-,17-/m1/s1. The van der Waals surface area contributed by atoms with Crippen LogP contribution in [0, 0.1) is 5.92 Å². The third-order valence-corrected chi connectivity index (χ3v) is 3.87. The summed E-state index contributed by atoms with van der Waals surface area (Å²) in [6.07, 6.45) is 2.70. The molecule has 130 valence electrons. The van der Waals surface area contributed by atoms with E-state index in [9.17, 15) is 14.4 Å². The van der Waals surface area contributed by atoms with Crippen LogP contribution in [-0.2, 0) is 19.1 Å². The van der Waals surface area contributed by atoms with Gasteiger partial charge in [-0.15, -0.1) is 6.58 Å². The molecule has 0 radical (unpaired) electrons. The van der Waals surface area contributed by atoms with Crippen molar-refractivity contribution >= 4 is 17.8 Å². The number of allylic oxidation sites excluding steroid dienone is 1. The molecule has 1 rings (SSSR count). The van der Waals surface area contributed by atoms with Gasteiger partial charge in [-0.2, -0.15) is 0 Å². The number of rotatable bonds is 4. The smallest absolute Gasteiger partial charge is 0.303 e. The lowest BCUT2D eigenvalue weighted by Gasteiger charge is -2.45. The van der Waals surface area contributed by atoms with Crippen molar-refractivity contribution in [1.29, 1.82) is 0 Å². The van der Waals surface area contributed by atoms with Crippen LogP contribution < -0.4 is 10.6 Å². The summed E-state index contributed by atoms with van der Waals surface area (Å²) in [6.45, 7) is 12.0. The van der Waals surface area contributed by atoms with Gasteiger partial charge in [-0.3, -0.25) is 14.4 Å². The van der Waals surface area contributed by atoms with Gasteiger partial charge in [0.25, 0.3) is 0 Å². The highest BCUT2D eigenvalue weighted by atomic mass is 16.5. The third kappa shape index (κ3) is 5.08. The monoisotopic (exact) mass is 324 g/mol. The number of ether oxygens (including phenoxy) is 1. The first-order valence-electron chi connectivity index (χ1n) is 7.91. The lowest BCUT2D eigenvalue weighted by Crippen LogP contribution is -2.69. The van der Waals surface area contributed by atoms with Gasteiger partial charge < -0.3 is 15.4 Å². The molecule has 0 spiro atoms. The van der Waals surface area contributed by atoms with Crippen molar-refractivity contribution < 1.29 is 19.1 Å². The number of amides is 2. The van der Waals surface area contributed by atoms with Gasteiger partial charge in [0.05, 0.1) is 0 Å². The van der Waals surface area contributed by atoms with E-state index in [0.29, 0.717) is 12.8 Å². The van der Waals surface area contributed by atoms with E-state index in [2.05, 4.69) is 17.2 Å². The number of hydrogen-bond donors (Lipinski definition) is 2. The van der Waals surface area contributed by atoms with Gasteiger partial charge in [0.2, 0.25) is 11.8 Å². The lowest BCUT2D eigenvalue weighted by atomic mass is 9.72. The molecule has 6 heteroatoms. The number of carbonyl (C=O) groups is 3. The summed E-state index contributed by atoms with van der Waals surface area (Å²) in [4.78, 5) is 36.2. The topological polar surface area (TPSA) is 84.5 Å². The Labute approximate surface area is 138 Å². The normalized spacial score (nSPS) is 27.7. The second-order valence-electron chi connectivity index (χ2n) is 7.23. The van der Waals surface area contributed by atoms with Crippen LogP contribution in [0.1, 0.15) is 53.9 Å². The zero-order chi connectivity index (χ0) is 17.8. The molecule has 1 fully saturated rings. The molecule has 2 N–H and O–H groups in total. The van der Waals surface area contributed by atoms with Crippen molar-refractivity contribution in [2.75, 3.05) is 0 Å². The fraction of sp³-hybridized carbons (Fsp3) is 0.706. The van der Waals surface area contributed by atoms with E-state index in [1.54, 1.807) is 6.08 Å². The lowest BCUT2D eigenvalue weighted by molar-refractivity contribution is -0.161. The summed E-state index contributed by atoms with van der Waals surface area (Å²) in [6, 6.07) is 0. The van der Waals surface area contributed by atoms with Crippen molar-refractivity contribution in [2.24, 2.45) is 5.92 Å². The highest BCUT2D eigenvalue weighted by Crippen LogP contribution is 2.36. The van der Waals surface area contributed by atoms with Crippen LogP contribution in [-0.4, -0.2) is 35.0 Å². The third-order valence-electron chi connectivity index (χ3n) is 3.87. The molecule has 0 heterocycles. The van der Waals surface area contributed by atoms with Crippen molar-refractivity contribution in [2.45, 2.75) is 71.1 Å². The zero-order valence-corrected chi connectivity index (χ0v) is 14.7. The number of nitrogens with one attached hydrogen (secondary N) is 2. The molecule has 1 aliphatic carbocycles. The second-order valence-corrected chi connectivity index (χ2v) is 7.23. The predicted octanol–water partition coefficient (Wildman–Crippen LogP) is 1.69. The van der Waals surface area contributed by atoms with E-state index in [1.165, 1.54) is 13.8 Å². The first-order chi connectivity index (χ1) is 10.5. The molecule has 0 aromatic rings. The molecule has 0 aromatic heterocycles. The van der Waals surface area contributed by atoms with Crippen LogP contribution in [0.3, 0.4) is 0 Å². The van der Waals surface area contributed by atoms with E-state index in [-0.39, 0.29) is 17.7 Å². The first-order valence-corrected chi connectivity index (χ1v) is 7.91.